The van der Waals surface area contributed by atoms with Crippen LogP contribution >= 0.6 is 0 Å². The average molecular weight is 492 g/mol. The van der Waals surface area contributed by atoms with Gasteiger partial charge in [-0.3, -0.25) is 19.5 Å². The highest BCUT2D eigenvalue weighted by molar-refractivity contribution is 7.91. The molecule has 2 aliphatic heterocycles. The van der Waals surface area contributed by atoms with Crippen molar-refractivity contribution in [3.8, 4) is 0 Å². The molecule has 0 atom stereocenters. The highest BCUT2D eigenvalue weighted by Crippen LogP contribution is 2.29. The molecule has 3 aromatic rings. The van der Waals surface area contributed by atoms with E-state index in [1.165, 1.54) is 0 Å². The molecular weight excluding hydrogens is 466 g/mol. The van der Waals surface area contributed by atoms with E-state index in [2.05, 4.69) is 4.90 Å². The first kappa shape index (κ1) is 23.1. The van der Waals surface area contributed by atoms with Crippen LogP contribution in [-0.4, -0.2) is 56.6 Å². The van der Waals surface area contributed by atoms with Gasteiger partial charge in [-0.15, -0.1) is 0 Å². The molecule has 0 unspecified atom stereocenters. The van der Waals surface area contributed by atoms with Crippen LogP contribution in [0.5, 0.6) is 0 Å². The number of carbonyl (C=O) groups excluding carboxylic acids is 1. The van der Waals surface area contributed by atoms with Crippen LogP contribution in [0, 0.1) is 5.92 Å². The molecule has 2 heterocycles. The monoisotopic (exact) mass is 491 g/mol. The molecular formula is C26H25N3O5S. The molecule has 2 saturated heterocycles. The Hall–Kier alpha value is -3.69. The van der Waals surface area contributed by atoms with Crippen LogP contribution in [0.1, 0.15) is 5.56 Å². The van der Waals surface area contributed by atoms with Gasteiger partial charge >= 0.3 is 12.0 Å². The lowest BCUT2D eigenvalue weighted by atomic mass is 9.99. The van der Waals surface area contributed by atoms with Crippen molar-refractivity contribution < 1.29 is 23.1 Å². The second-order valence-corrected chi connectivity index (χ2v) is 10.7. The van der Waals surface area contributed by atoms with Crippen molar-refractivity contribution in [2.24, 2.45) is 5.92 Å². The van der Waals surface area contributed by atoms with Gasteiger partial charge < -0.3 is 5.11 Å². The van der Waals surface area contributed by atoms with E-state index in [0.29, 0.717) is 38.4 Å². The maximum absolute atomic E-state index is 13.2. The van der Waals surface area contributed by atoms with Crippen LogP contribution < -0.4 is 9.80 Å². The fourth-order valence-electron chi connectivity index (χ4n) is 4.47. The summed E-state index contributed by atoms with van der Waals surface area (Å²) in [6.07, 6.45) is 0. The van der Waals surface area contributed by atoms with Gasteiger partial charge in [-0.05, 0) is 48.0 Å². The van der Waals surface area contributed by atoms with Crippen LogP contribution in [0.3, 0.4) is 0 Å². The topological polar surface area (TPSA) is 98.2 Å². The molecule has 0 saturated carbocycles. The number of nitrogens with zero attached hydrogens (tertiary/aromatic N) is 3. The SMILES string of the molecule is O=C(O)C1CN(Cc2ccc(N3CCN(c4cccc(S(=O)(=O)c5ccccc5)c4)C3=O)cc2)C1. The van der Waals surface area contributed by atoms with Gasteiger partial charge in [0.15, 0.2) is 0 Å². The van der Waals surface area contributed by atoms with E-state index in [1.54, 1.807) is 64.4 Å². The Morgan fingerprint density at radius 3 is 2.11 bits per heavy atom. The zero-order chi connectivity index (χ0) is 24.6. The van der Waals surface area contributed by atoms with Crippen LogP contribution in [-0.2, 0) is 21.2 Å². The van der Waals surface area contributed by atoms with E-state index in [0.717, 1.165) is 11.3 Å². The van der Waals surface area contributed by atoms with Gasteiger partial charge in [0.1, 0.15) is 0 Å². The average Bonchev–Trinajstić information content (AvgIpc) is 3.23. The largest absolute Gasteiger partial charge is 0.481 e. The molecule has 0 spiro atoms. The maximum Gasteiger partial charge on any atom is 0.329 e. The van der Waals surface area contributed by atoms with Crippen LogP contribution in [0.25, 0.3) is 0 Å². The van der Waals surface area contributed by atoms with E-state index in [1.807, 2.05) is 24.3 Å². The number of hydrogen-bond acceptors (Lipinski definition) is 5. The molecule has 9 heteroatoms. The predicted octanol–water partition coefficient (Wildman–Crippen LogP) is 3.48. The summed E-state index contributed by atoms with van der Waals surface area (Å²) < 4.78 is 26.0. The van der Waals surface area contributed by atoms with E-state index in [-0.39, 0.29) is 21.7 Å². The first-order valence-electron chi connectivity index (χ1n) is 11.4. The molecule has 2 fully saturated rings. The number of amides is 2. The lowest BCUT2D eigenvalue weighted by Crippen LogP contribution is -2.49. The molecule has 2 amide bonds. The normalized spacial score (nSPS) is 17.0. The molecule has 0 aromatic heterocycles. The quantitative estimate of drug-likeness (QED) is 0.543. The van der Waals surface area contributed by atoms with Gasteiger partial charge in [-0.25, -0.2) is 13.2 Å². The smallest absolute Gasteiger partial charge is 0.329 e. The Morgan fingerprint density at radius 2 is 1.46 bits per heavy atom. The summed E-state index contributed by atoms with van der Waals surface area (Å²) >= 11 is 0. The summed E-state index contributed by atoms with van der Waals surface area (Å²) in [5.74, 6) is -1.04. The zero-order valence-corrected chi connectivity index (χ0v) is 19.8. The molecule has 180 valence electrons. The zero-order valence-electron chi connectivity index (χ0n) is 18.9. The van der Waals surface area contributed by atoms with Crippen molar-refractivity contribution in [2.45, 2.75) is 16.3 Å². The number of carboxylic acids is 1. The minimum absolute atomic E-state index is 0.146. The number of sulfone groups is 1. The summed E-state index contributed by atoms with van der Waals surface area (Å²) in [7, 11) is -3.68. The van der Waals surface area contributed by atoms with Gasteiger partial charge in [0.05, 0.1) is 15.7 Å². The number of hydrogen-bond donors (Lipinski definition) is 1. The second-order valence-electron chi connectivity index (χ2n) is 8.80. The molecule has 2 aliphatic rings. The van der Waals surface area contributed by atoms with Crippen molar-refractivity contribution in [1.82, 2.24) is 4.90 Å². The number of rotatable bonds is 7. The Bertz CT molecular complexity index is 1350. The molecule has 0 radical (unpaired) electrons. The maximum atomic E-state index is 13.2. The van der Waals surface area contributed by atoms with Gasteiger partial charge in [-0.1, -0.05) is 36.4 Å². The van der Waals surface area contributed by atoms with Crippen molar-refractivity contribution in [2.75, 3.05) is 36.0 Å². The Kier molecular flexibility index (Phi) is 6.04. The third kappa shape index (κ3) is 4.52. The summed E-state index contributed by atoms with van der Waals surface area (Å²) in [4.78, 5) is 29.9. The minimum Gasteiger partial charge on any atom is -0.481 e. The van der Waals surface area contributed by atoms with Crippen LogP contribution in [0.4, 0.5) is 16.2 Å². The first-order valence-corrected chi connectivity index (χ1v) is 12.8. The number of aliphatic carboxylic acids is 1. The number of carboxylic acid groups (broad SMARTS) is 1. The fraction of sp³-hybridized carbons (Fsp3) is 0.231. The number of carbonyl (C=O) groups is 2. The lowest BCUT2D eigenvalue weighted by molar-refractivity contribution is -0.147. The third-order valence-corrected chi connectivity index (χ3v) is 8.23. The summed E-state index contributed by atoms with van der Waals surface area (Å²) in [5.41, 5.74) is 2.36. The number of likely N-dealkylation sites (tertiary alicyclic amines) is 1. The molecule has 3 aromatic carbocycles. The summed E-state index contributed by atoms with van der Waals surface area (Å²) in [5, 5.41) is 9.01. The van der Waals surface area contributed by atoms with Crippen LogP contribution in [0.15, 0.2) is 88.7 Å². The predicted molar refractivity (Wildman–Crippen MR) is 131 cm³/mol. The standard InChI is InChI=1S/C26H25N3O5S/c30-25(31)20-17-27(18-20)16-19-9-11-21(12-10-19)28-13-14-29(26(28)32)22-5-4-8-24(15-22)35(33,34)23-6-2-1-3-7-23/h1-12,15,20H,13-14,16-18H2,(H,30,31). The minimum atomic E-state index is -3.68. The molecule has 0 aliphatic carbocycles. The van der Waals surface area contributed by atoms with E-state index >= 15 is 0 Å². The fourth-order valence-corrected chi connectivity index (χ4v) is 5.79. The van der Waals surface area contributed by atoms with Gasteiger partial charge in [0, 0.05) is 44.1 Å². The van der Waals surface area contributed by atoms with Gasteiger partial charge in [-0.2, -0.15) is 0 Å². The third-order valence-electron chi connectivity index (χ3n) is 6.46. The molecule has 0 bridgehead atoms. The number of anilines is 2. The van der Waals surface area contributed by atoms with Crippen molar-refractivity contribution in [3.63, 3.8) is 0 Å². The lowest BCUT2D eigenvalue weighted by Gasteiger charge is -2.36. The van der Waals surface area contributed by atoms with Crippen molar-refractivity contribution in [3.05, 3.63) is 84.4 Å². The van der Waals surface area contributed by atoms with E-state index in [9.17, 15) is 18.0 Å². The highest BCUT2D eigenvalue weighted by Gasteiger charge is 2.33. The Balaban J connectivity index is 1.28. The number of urea groups is 1. The summed E-state index contributed by atoms with van der Waals surface area (Å²) in [6.45, 7) is 2.71. The van der Waals surface area contributed by atoms with Gasteiger partial charge in [0.25, 0.3) is 0 Å². The van der Waals surface area contributed by atoms with Crippen molar-refractivity contribution in [1.29, 1.82) is 0 Å². The molecule has 35 heavy (non-hydrogen) atoms. The first-order chi connectivity index (χ1) is 16.8. The van der Waals surface area contributed by atoms with Crippen LogP contribution in [0.2, 0.25) is 0 Å². The molecule has 8 nitrogen and oxygen atoms in total. The Labute approximate surface area is 203 Å². The Morgan fingerprint density at radius 1 is 0.829 bits per heavy atom. The second kappa shape index (κ2) is 9.16. The summed E-state index contributed by atoms with van der Waals surface area (Å²) in [6, 6.07) is 22.2. The highest BCUT2D eigenvalue weighted by atomic mass is 32.2. The molecule has 5 rings (SSSR count). The van der Waals surface area contributed by atoms with E-state index in [4.69, 9.17) is 5.11 Å². The van der Waals surface area contributed by atoms with E-state index < -0.39 is 15.8 Å². The van der Waals surface area contributed by atoms with Crippen molar-refractivity contribution >= 4 is 33.2 Å². The number of benzene rings is 3. The van der Waals surface area contributed by atoms with Gasteiger partial charge in [0.2, 0.25) is 9.84 Å². The molecule has 1 N–H and O–H groups in total.